The first-order valence-electron chi connectivity index (χ1n) is 5.99. The summed E-state index contributed by atoms with van der Waals surface area (Å²) >= 11 is 12.1. The molecule has 1 aromatic rings. The van der Waals surface area contributed by atoms with Crippen molar-refractivity contribution in [2.24, 2.45) is 5.41 Å². The Kier molecular flexibility index (Phi) is 3.46. The van der Waals surface area contributed by atoms with E-state index in [1.165, 1.54) is 18.4 Å². The van der Waals surface area contributed by atoms with Crippen LogP contribution < -0.4 is 5.32 Å². The first-order valence-corrected chi connectivity index (χ1v) is 6.74. The molecule has 0 unspecified atom stereocenters. The van der Waals surface area contributed by atoms with Gasteiger partial charge in [-0.15, -0.1) is 0 Å². The zero-order chi connectivity index (χ0) is 12.7. The molecule has 0 aliphatic heterocycles. The van der Waals surface area contributed by atoms with E-state index in [1.54, 1.807) is 0 Å². The fourth-order valence-corrected chi connectivity index (χ4v) is 3.67. The topological polar surface area (TPSA) is 12.0 Å². The van der Waals surface area contributed by atoms with Crippen LogP contribution in [-0.2, 0) is 5.41 Å². The van der Waals surface area contributed by atoms with Gasteiger partial charge >= 0.3 is 0 Å². The first-order chi connectivity index (χ1) is 7.88. The van der Waals surface area contributed by atoms with E-state index in [0.29, 0.717) is 15.5 Å². The molecule has 1 aliphatic carbocycles. The summed E-state index contributed by atoms with van der Waals surface area (Å²) in [7, 11) is 2.00. The third kappa shape index (κ3) is 2.47. The Morgan fingerprint density at radius 3 is 2.29 bits per heavy atom. The van der Waals surface area contributed by atoms with E-state index < -0.39 is 0 Å². The maximum atomic E-state index is 6.12. The largest absolute Gasteiger partial charge is 0.319 e. The van der Waals surface area contributed by atoms with Crippen molar-refractivity contribution < 1.29 is 0 Å². The van der Waals surface area contributed by atoms with Crippen LogP contribution in [0, 0.1) is 5.41 Å². The lowest BCUT2D eigenvalue weighted by atomic mass is 9.52. The van der Waals surface area contributed by atoms with Crippen LogP contribution in [-0.4, -0.2) is 13.6 Å². The molecule has 17 heavy (non-hydrogen) atoms. The Hall–Kier alpha value is -0.240. The maximum absolute atomic E-state index is 6.12. The fraction of sp³-hybridized carbons (Fsp3) is 0.571. The van der Waals surface area contributed by atoms with Gasteiger partial charge in [0.15, 0.2) is 0 Å². The van der Waals surface area contributed by atoms with Gasteiger partial charge in [-0.3, -0.25) is 0 Å². The van der Waals surface area contributed by atoms with Crippen LogP contribution in [0.1, 0.15) is 32.3 Å². The number of halogens is 2. The highest BCUT2D eigenvalue weighted by Crippen LogP contribution is 2.55. The molecule has 3 heteroatoms. The average Bonchev–Trinajstić information content (AvgIpc) is 2.19. The van der Waals surface area contributed by atoms with E-state index in [1.807, 2.05) is 19.2 Å². The van der Waals surface area contributed by atoms with E-state index in [0.717, 1.165) is 6.54 Å². The summed E-state index contributed by atoms with van der Waals surface area (Å²) in [6.45, 7) is 5.63. The minimum atomic E-state index is 0.229. The summed E-state index contributed by atoms with van der Waals surface area (Å²) < 4.78 is 0. The van der Waals surface area contributed by atoms with Gasteiger partial charge in [-0.05, 0) is 43.0 Å². The monoisotopic (exact) mass is 271 g/mol. The van der Waals surface area contributed by atoms with Crippen LogP contribution in [0.15, 0.2) is 18.2 Å². The van der Waals surface area contributed by atoms with Crippen molar-refractivity contribution in [3.05, 3.63) is 33.8 Å². The van der Waals surface area contributed by atoms with Crippen molar-refractivity contribution in [1.29, 1.82) is 0 Å². The standard InChI is InChI=1S/C14H19Cl2N/c1-13(2)7-14(8-13,9-17-3)10-4-5-11(15)12(16)6-10/h4-6,17H,7-9H2,1-3H3. The van der Waals surface area contributed by atoms with Crippen LogP contribution in [0.4, 0.5) is 0 Å². The van der Waals surface area contributed by atoms with Gasteiger partial charge in [0.05, 0.1) is 10.0 Å². The second-order valence-electron chi connectivity index (χ2n) is 5.96. The predicted octanol–water partition coefficient (Wildman–Crippen LogP) is 4.27. The molecule has 0 bridgehead atoms. The summed E-state index contributed by atoms with van der Waals surface area (Å²) in [4.78, 5) is 0. The van der Waals surface area contributed by atoms with Crippen molar-refractivity contribution in [3.63, 3.8) is 0 Å². The van der Waals surface area contributed by atoms with Crippen LogP contribution in [0.2, 0.25) is 10.0 Å². The van der Waals surface area contributed by atoms with Gasteiger partial charge in [0.1, 0.15) is 0 Å². The molecule has 1 N–H and O–H groups in total. The molecular weight excluding hydrogens is 253 g/mol. The smallest absolute Gasteiger partial charge is 0.0595 e. The number of nitrogens with one attached hydrogen (secondary N) is 1. The van der Waals surface area contributed by atoms with Gasteiger partial charge in [-0.2, -0.15) is 0 Å². The van der Waals surface area contributed by atoms with Gasteiger partial charge in [-0.25, -0.2) is 0 Å². The second-order valence-corrected chi connectivity index (χ2v) is 6.77. The molecule has 0 aromatic heterocycles. The molecule has 0 heterocycles. The highest BCUT2D eigenvalue weighted by Gasteiger charge is 2.49. The first kappa shape index (κ1) is 13.2. The van der Waals surface area contributed by atoms with E-state index in [4.69, 9.17) is 23.2 Å². The minimum absolute atomic E-state index is 0.229. The van der Waals surface area contributed by atoms with E-state index in [2.05, 4.69) is 25.2 Å². The molecule has 1 aromatic carbocycles. The summed E-state index contributed by atoms with van der Waals surface area (Å²) in [6.07, 6.45) is 2.39. The summed E-state index contributed by atoms with van der Waals surface area (Å²) in [6, 6.07) is 6.04. The maximum Gasteiger partial charge on any atom is 0.0595 e. The molecule has 1 nitrogen and oxygen atoms in total. The highest BCUT2D eigenvalue weighted by atomic mass is 35.5. The Morgan fingerprint density at radius 1 is 1.18 bits per heavy atom. The summed E-state index contributed by atoms with van der Waals surface area (Å²) in [5.74, 6) is 0. The van der Waals surface area contributed by atoms with Crippen LogP contribution in [0.25, 0.3) is 0 Å². The van der Waals surface area contributed by atoms with E-state index in [9.17, 15) is 0 Å². The molecule has 0 atom stereocenters. The Bertz CT molecular complexity index is 418. The van der Waals surface area contributed by atoms with Gasteiger partial charge in [0, 0.05) is 12.0 Å². The summed E-state index contributed by atoms with van der Waals surface area (Å²) in [5.41, 5.74) is 1.97. The van der Waals surface area contributed by atoms with Crippen LogP contribution >= 0.6 is 23.2 Å². The van der Waals surface area contributed by atoms with Crippen molar-refractivity contribution in [3.8, 4) is 0 Å². The van der Waals surface area contributed by atoms with Crippen LogP contribution in [0.5, 0.6) is 0 Å². The number of likely N-dealkylation sites (N-methyl/N-ethyl adjacent to an activating group) is 1. The SMILES string of the molecule is CNCC1(c2ccc(Cl)c(Cl)c2)CC(C)(C)C1. The zero-order valence-electron chi connectivity index (χ0n) is 10.6. The lowest BCUT2D eigenvalue weighted by Crippen LogP contribution is -2.51. The van der Waals surface area contributed by atoms with Gasteiger partial charge in [0.2, 0.25) is 0 Å². The van der Waals surface area contributed by atoms with Gasteiger partial charge in [0.25, 0.3) is 0 Å². The molecule has 1 fully saturated rings. The molecule has 2 rings (SSSR count). The quantitative estimate of drug-likeness (QED) is 0.866. The molecule has 0 radical (unpaired) electrons. The third-order valence-electron chi connectivity index (χ3n) is 3.68. The van der Waals surface area contributed by atoms with Crippen molar-refractivity contribution in [2.45, 2.75) is 32.1 Å². The molecule has 1 saturated carbocycles. The molecule has 0 amide bonds. The highest BCUT2D eigenvalue weighted by molar-refractivity contribution is 6.42. The third-order valence-corrected chi connectivity index (χ3v) is 4.42. The minimum Gasteiger partial charge on any atom is -0.319 e. The molecule has 0 spiro atoms. The lowest BCUT2D eigenvalue weighted by molar-refractivity contribution is 0.0579. The molecular formula is C14H19Cl2N. The number of benzene rings is 1. The second kappa shape index (κ2) is 4.46. The average molecular weight is 272 g/mol. The van der Waals surface area contributed by atoms with Crippen molar-refractivity contribution >= 4 is 23.2 Å². The predicted molar refractivity (Wildman–Crippen MR) is 75.1 cm³/mol. The molecule has 1 aliphatic rings. The van der Waals surface area contributed by atoms with E-state index in [-0.39, 0.29) is 5.41 Å². The van der Waals surface area contributed by atoms with Gasteiger partial charge in [-0.1, -0.05) is 43.1 Å². The van der Waals surface area contributed by atoms with E-state index >= 15 is 0 Å². The zero-order valence-corrected chi connectivity index (χ0v) is 12.1. The Morgan fingerprint density at radius 2 is 1.82 bits per heavy atom. The summed E-state index contributed by atoms with van der Waals surface area (Å²) in [5, 5.41) is 4.59. The number of rotatable bonds is 3. The number of hydrogen-bond acceptors (Lipinski definition) is 1. The normalized spacial score (nSPS) is 21.0. The molecule has 94 valence electrons. The lowest BCUT2D eigenvalue weighted by Gasteiger charge is -2.54. The fourth-order valence-electron chi connectivity index (χ4n) is 3.38. The Balaban J connectivity index is 2.31. The Labute approximate surface area is 114 Å². The van der Waals surface area contributed by atoms with Crippen molar-refractivity contribution in [1.82, 2.24) is 5.32 Å². The number of hydrogen-bond donors (Lipinski definition) is 1. The van der Waals surface area contributed by atoms with Crippen LogP contribution in [0.3, 0.4) is 0 Å². The van der Waals surface area contributed by atoms with Crippen molar-refractivity contribution in [2.75, 3.05) is 13.6 Å². The molecule has 0 saturated heterocycles. The van der Waals surface area contributed by atoms with Gasteiger partial charge < -0.3 is 5.32 Å².